The van der Waals surface area contributed by atoms with Crippen LogP contribution < -0.4 is 5.73 Å². The van der Waals surface area contributed by atoms with E-state index in [0.717, 1.165) is 38.5 Å². The molecule has 7 rings (SSSR count). The maximum absolute atomic E-state index is 14.6. The number of hydrogen-bond donors (Lipinski definition) is 2. The number of fused-ring (bicyclic) bond motifs is 3. The van der Waals surface area contributed by atoms with Gasteiger partial charge in [-0.2, -0.15) is 5.10 Å². The predicted octanol–water partition coefficient (Wildman–Crippen LogP) is 8.97. The molecule has 1 aromatic carbocycles. The highest BCUT2D eigenvalue weighted by Gasteiger charge is 2.72. The van der Waals surface area contributed by atoms with Gasteiger partial charge in [-0.1, -0.05) is 86.1 Å². The van der Waals surface area contributed by atoms with E-state index in [1.54, 1.807) is 12.4 Å². The second-order valence-electron chi connectivity index (χ2n) is 20.0. The van der Waals surface area contributed by atoms with Crippen molar-refractivity contribution in [3.63, 3.8) is 0 Å². The number of ether oxygens (including phenoxy) is 2. The number of rotatable bonds is 9. The molecule has 8 nitrogen and oxygen atoms in total. The first-order chi connectivity index (χ1) is 24.8. The van der Waals surface area contributed by atoms with Crippen LogP contribution in [0.25, 0.3) is 11.4 Å². The molecular formula is C44H65FN4O4. The van der Waals surface area contributed by atoms with Crippen LogP contribution in [0.4, 0.5) is 4.39 Å². The Labute approximate surface area is 316 Å². The van der Waals surface area contributed by atoms with Crippen LogP contribution in [0.15, 0.2) is 42.2 Å². The van der Waals surface area contributed by atoms with Gasteiger partial charge in [-0.05, 0) is 103 Å². The van der Waals surface area contributed by atoms with Gasteiger partial charge in [-0.15, -0.1) is 0 Å². The van der Waals surface area contributed by atoms with Crippen LogP contribution in [0.3, 0.4) is 0 Å². The Kier molecular flexibility index (Phi) is 9.46. The first-order valence-electron chi connectivity index (χ1n) is 20.3. The van der Waals surface area contributed by atoms with E-state index in [2.05, 4.69) is 75.3 Å². The molecule has 292 valence electrons. The molecule has 0 unspecified atom stereocenters. The van der Waals surface area contributed by atoms with Crippen LogP contribution in [-0.2, 0) is 14.3 Å². The normalized spacial score (nSPS) is 41.2. The Morgan fingerprint density at radius 1 is 1.11 bits per heavy atom. The summed E-state index contributed by atoms with van der Waals surface area (Å²) >= 11 is 0. The lowest BCUT2D eigenvalue weighted by Crippen LogP contribution is -2.69. The SMILES string of the molecule is CC(C)[C@@H](C)[C@@]1(C)CC[C@]2(C)[C@H]3CC[C@@H]4[C@@]5(COC[C@@]4(C)[C@@H](OC[C@](C)(N)C(C)C)[C@H](n4ncnc4-c4cccc(F)c4)C5)C3=CC[C@@]2(C)[C@@H]1C(=O)O. The largest absolute Gasteiger partial charge is 0.481 e. The lowest BCUT2D eigenvalue weighted by atomic mass is 9.34. The average Bonchev–Trinajstić information content (AvgIpc) is 3.57. The van der Waals surface area contributed by atoms with E-state index in [-0.39, 0.29) is 57.4 Å². The molecule has 0 spiro atoms. The Morgan fingerprint density at radius 2 is 1.85 bits per heavy atom. The maximum Gasteiger partial charge on any atom is 0.307 e. The fraction of sp³-hybridized carbons (Fsp3) is 0.750. The molecule has 1 aliphatic heterocycles. The van der Waals surface area contributed by atoms with Crippen molar-refractivity contribution in [2.45, 2.75) is 125 Å². The fourth-order valence-corrected chi connectivity index (χ4v) is 12.9. The third-order valence-corrected chi connectivity index (χ3v) is 17.0. The number of carboxylic acids is 1. The molecule has 1 saturated heterocycles. The number of halogens is 1. The highest BCUT2D eigenvalue weighted by Crippen LogP contribution is 2.75. The molecule has 2 aromatic rings. The Hall–Kier alpha value is -2.62. The molecule has 4 fully saturated rings. The number of nitrogens with zero attached hydrogens (tertiary/aromatic N) is 3. The van der Waals surface area contributed by atoms with Gasteiger partial charge in [-0.3, -0.25) is 4.79 Å². The van der Waals surface area contributed by atoms with E-state index in [4.69, 9.17) is 25.3 Å². The van der Waals surface area contributed by atoms with Gasteiger partial charge in [0.15, 0.2) is 5.82 Å². The second-order valence-corrected chi connectivity index (χ2v) is 20.0. The lowest BCUT2D eigenvalue weighted by Gasteiger charge is -2.71. The van der Waals surface area contributed by atoms with E-state index >= 15 is 0 Å². The Bertz CT molecular complexity index is 1760. The molecule has 1 aromatic heterocycles. The van der Waals surface area contributed by atoms with Crippen LogP contribution in [-0.4, -0.2) is 57.3 Å². The van der Waals surface area contributed by atoms with Gasteiger partial charge in [-0.25, -0.2) is 14.1 Å². The number of hydrogen-bond acceptors (Lipinski definition) is 6. The molecule has 2 heterocycles. The topological polar surface area (TPSA) is 112 Å². The summed E-state index contributed by atoms with van der Waals surface area (Å²) in [6.07, 6.45) is 9.23. The minimum atomic E-state index is -0.646. The molecule has 3 saturated carbocycles. The van der Waals surface area contributed by atoms with Crippen LogP contribution in [0.2, 0.25) is 0 Å². The van der Waals surface area contributed by atoms with Crippen LogP contribution in [0, 0.1) is 68.4 Å². The maximum atomic E-state index is 14.6. The van der Waals surface area contributed by atoms with Gasteiger partial charge in [0.2, 0.25) is 0 Å². The summed E-state index contributed by atoms with van der Waals surface area (Å²) in [6, 6.07) is 6.38. The van der Waals surface area contributed by atoms with Gasteiger partial charge in [0.25, 0.3) is 0 Å². The lowest BCUT2D eigenvalue weighted by molar-refractivity contribution is -0.252. The number of nitrogens with two attached hydrogens (primary N) is 1. The summed E-state index contributed by atoms with van der Waals surface area (Å²) in [5.41, 5.74) is 6.93. The summed E-state index contributed by atoms with van der Waals surface area (Å²) < 4.78 is 30.5. The number of aromatic nitrogens is 3. The Morgan fingerprint density at radius 3 is 2.51 bits per heavy atom. The predicted molar refractivity (Wildman–Crippen MR) is 205 cm³/mol. The molecule has 4 aliphatic carbocycles. The third kappa shape index (κ3) is 5.55. The molecule has 12 atom stereocenters. The van der Waals surface area contributed by atoms with E-state index in [1.807, 2.05) is 10.7 Å². The zero-order chi connectivity index (χ0) is 38.5. The minimum Gasteiger partial charge on any atom is -0.481 e. The average molecular weight is 733 g/mol. The number of benzene rings is 1. The third-order valence-electron chi connectivity index (χ3n) is 17.0. The first-order valence-corrected chi connectivity index (χ1v) is 20.3. The molecule has 53 heavy (non-hydrogen) atoms. The summed E-state index contributed by atoms with van der Waals surface area (Å²) in [4.78, 5) is 18.3. The molecule has 2 bridgehead atoms. The summed E-state index contributed by atoms with van der Waals surface area (Å²) in [7, 11) is 0. The zero-order valence-electron chi connectivity index (χ0n) is 33.9. The van der Waals surface area contributed by atoms with Gasteiger partial charge < -0.3 is 20.3 Å². The van der Waals surface area contributed by atoms with Gasteiger partial charge in [0, 0.05) is 21.9 Å². The van der Waals surface area contributed by atoms with Crippen molar-refractivity contribution in [2.24, 2.45) is 68.3 Å². The van der Waals surface area contributed by atoms with Gasteiger partial charge in [0.1, 0.15) is 12.1 Å². The van der Waals surface area contributed by atoms with Crippen molar-refractivity contribution in [1.82, 2.24) is 14.8 Å². The molecule has 5 aliphatic rings. The standard InChI is InChI=1S/C44H65FN4O4/c1-26(2)28(5)39(6)18-19-41(8)31-14-15-34-40(7)22-52-24-44(34,32(31)16-17-42(41,9)35(39)38(50)51)21-33(36(40)53-23-43(10,46)27(3)4)49-37(47-25-48-49)29-12-11-13-30(45)20-29/h11-13,16,20,25-28,31,33-36H,14-15,17-19,21-24,46H2,1-10H3,(H,50,51)/t28-,31+,33-,34+,35-,36+,39-,40-,41-,42+,43+,44+/m1/s1. The molecule has 3 N–H and O–H groups in total. The smallest absolute Gasteiger partial charge is 0.307 e. The second kappa shape index (κ2) is 13.0. The van der Waals surface area contributed by atoms with Crippen LogP contribution >= 0.6 is 0 Å². The fourth-order valence-electron chi connectivity index (χ4n) is 12.9. The van der Waals surface area contributed by atoms with Crippen molar-refractivity contribution >= 4 is 5.97 Å². The monoisotopic (exact) mass is 732 g/mol. The number of carboxylic acid groups (broad SMARTS) is 1. The van der Waals surface area contributed by atoms with E-state index in [9.17, 15) is 14.3 Å². The van der Waals surface area contributed by atoms with E-state index in [1.165, 1.54) is 17.7 Å². The summed E-state index contributed by atoms with van der Waals surface area (Å²) in [6.45, 7) is 24.0. The van der Waals surface area contributed by atoms with E-state index < -0.39 is 22.8 Å². The van der Waals surface area contributed by atoms with Gasteiger partial charge >= 0.3 is 5.97 Å². The molecule has 0 amide bonds. The summed E-state index contributed by atoms with van der Waals surface area (Å²) in [5, 5.41) is 16.0. The number of allylic oxidation sites excluding steroid dienone is 1. The van der Waals surface area contributed by atoms with Crippen molar-refractivity contribution in [3.05, 3.63) is 48.1 Å². The Balaban J connectivity index is 1.36. The van der Waals surface area contributed by atoms with Crippen molar-refractivity contribution < 1.29 is 23.8 Å². The van der Waals surface area contributed by atoms with Gasteiger partial charge in [0.05, 0.1) is 37.9 Å². The molecule has 9 heteroatoms. The zero-order valence-corrected chi connectivity index (χ0v) is 33.9. The molecule has 0 radical (unpaired) electrons. The summed E-state index contributed by atoms with van der Waals surface area (Å²) in [5.74, 6) is 0.661. The number of aliphatic carboxylic acids is 1. The van der Waals surface area contributed by atoms with Crippen molar-refractivity contribution in [1.29, 1.82) is 0 Å². The van der Waals surface area contributed by atoms with E-state index in [0.29, 0.717) is 43.0 Å². The highest BCUT2D eigenvalue weighted by atomic mass is 19.1. The van der Waals surface area contributed by atoms with Crippen molar-refractivity contribution in [2.75, 3.05) is 19.8 Å². The number of carbonyl (C=O) groups is 1. The molecular weight excluding hydrogens is 668 g/mol. The highest BCUT2D eigenvalue weighted by molar-refractivity contribution is 5.73. The minimum absolute atomic E-state index is 0.189. The first kappa shape index (κ1) is 38.6. The van der Waals surface area contributed by atoms with Crippen LogP contribution in [0.1, 0.15) is 114 Å². The van der Waals surface area contributed by atoms with Crippen LogP contribution in [0.5, 0.6) is 0 Å². The van der Waals surface area contributed by atoms with Crippen molar-refractivity contribution in [3.8, 4) is 11.4 Å². The quantitative estimate of drug-likeness (QED) is 0.248.